The van der Waals surface area contributed by atoms with Gasteiger partial charge in [0.25, 0.3) is 11.6 Å². The number of hydrogen-bond acceptors (Lipinski definition) is 3. The van der Waals surface area contributed by atoms with Gasteiger partial charge in [0.2, 0.25) is 0 Å². The van der Waals surface area contributed by atoms with E-state index < -0.39 is 4.92 Å². The summed E-state index contributed by atoms with van der Waals surface area (Å²) in [6, 6.07) is 14.1. The van der Waals surface area contributed by atoms with Crippen molar-refractivity contribution in [2.75, 3.05) is 0 Å². The molecule has 1 aliphatic heterocycles. The number of nitrogens with zero attached hydrogens (tertiary/aromatic N) is 2. The zero-order valence-electron chi connectivity index (χ0n) is 10.7. The zero-order valence-corrected chi connectivity index (χ0v) is 10.7. The second-order valence-electron chi connectivity index (χ2n) is 4.75. The second-order valence-corrected chi connectivity index (χ2v) is 4.75. The molecule has 5 nitrogen and oxygen atoms in total. The summed E-state index contributed by atoms with van der Waals surface area (Å²) >= 11 is 0. The molecule has 2 aromatic rings. The van der Waals surface area contributed by atoms with Gasteiger partial charge in [-0.1, -0.05) is 30.3 Å². The number of benzene rings is 2. The molecule has 0 bridgehead atoms. The van der Waals surface area contributed by atoms with Crippen LogP contribution < -0.4 is 0 Å². The summed E-state index contributed by atoms with van der Waals surface area (Å²) in [6.45, 7) is 0.937. The minimum Gasteiger partial charge on any atom is -0.330 e. The number of nitro groups is 1. The molecule has 1 amide bonds. The fourth-order valence-electron chi connectivity index (χ4n) is 2.41. The largest absolute Gasteiger partial charge is 0.330 e. The average Bonchev–Trinajstić information content (AvgIpc) is 2.76. The molecule has 100 valence electrons. The van der Waals surface area contributed by atoms with E-state index in [-0.39, 0.29) is 11.6 Å². The third-order valence-electron chi connectivity index (χ3n) is 3.39. The molecule has 0 spiro atoms. The van der Waals surface area contributed by atoms with Crippen molar-refractivity contribution in [2.45, 2.75) is 13.1 Å². The van der Waals surface area contributed by atoms with Gasteiger partial charge in [0.05, 0.1) is 4.92 Å². The lowest BCUT2D eigenvalue weighted by Crippen LogP contribution is -2.23. The Morgan fingerprint density at radius 3 is 2.60 bits per heavy atom. The van der Waals surface area contributed by atoms with Gasteiger partial charge in [-0.2, -0.15) is 0 Å². The van der Waals surface area contributed by atoms with Gasteiger partial charge < -0.3 is 4.90 Å². The lowest BCUT2D eigenvalue weighted by molar-refractivity contribution is -0.384. The molecular formula is C15H12N2O3. The molecule has 2 aromatic carbocycles. The van der Waals surface area contributed by atoms with Crippen LogP contribution >= 0.6 is 0 Å². The van der Waals surface area contributed by atoms with Crippen molar-refractivity contribution in [3.63, 3.8) is 0 Å². The Bertz CT molecular complexity index is 683. The van der Waals surface area contributed by atoms with Crippen LogP contribution in [0.2, 0.25) is 0 Å². The first-order valence-corrected chi connectivity index (χ1v) is 6.25. The number of hydrogen-bond donors (Lipinski definition) is 0. The summed E-state index contributed by atoms with van der Waals surface area (Å²) in [5, 5.41) is 10.8. The lowest BCUT2D eigenvalue weighted by atomic mass is 10.1. The monoisotopic (exact) mass is 268 g/mol. The minimum atomic E-state index is -0.440. The summed E-state index contributed by atoms with van der Waals surface area (Å²) < 4.78 is 0. The van der Waals surface area contributed by atoms with E-state index in [4.69, 9.17) is 0 Å². The molecule has 0 unspecified atom stereocenters. The molecule has 0 atom stereocenters. The summed E-state index contributed by atoms with van der Waals surface area (Å²) in [7, 11) is 0. The number of fused-ring (bicyclic) bond motifs is 1. The fraction of sp³-hybridized carbons (Fsp3) is 0.133. The fourth-order valence-corrected chi connectivity index (χ4v) is 2.41. The Morgan fingerprint density at radius 2 is 1.90 bits per heavy atom. The topological polar surface area (TPSA) is 63.4 Å². The Balaban J connectivity index is 1.85. The Hall–Kier alpha value is -2.69. The van der Waals surface area contributed by atoms with Crippen molar-refractivity contribution in [3.05, 3.63) is 75.3 Å². The van der Waals surface area contributed by atoms with Gasteiger partial charge in [0.15, 0.2) is 0 Å². The smallest absolute Gasteiger partial charge is 0.269 e. The van der Waals surface area contributed by atoms with Crippen molar-refractivity contribution >= 4 is 11.6 Å². The van der Waals surface area contributed by atoms with Crippen LogP contribution in [-0.2, 0) is 13.1 Å². The van der Waals surface area contributed by atoms with Crippen LogP contribution in [-0.4, -0.2) is 15.7 Å². The maximum Gasteiger partial charge on any atom is 0.269 e. The lowest BCUT2D eigenvalue weighted by Gasteiger charge is -2.15. The van der Waals surface area contributed by atoms with Crippen LogP contribution in [0.5, 0.6) is 0 Å². The van der Waals surface area contributed by atoms with E-state index in [9.17, 15) is 14.9 Å². The maximum atomic E-state index is 12.2. The third-order valence-corrected chi connectivity index (χ3v) is 3.39. The first-order chi connectivity index (χ1) is 9.65. The Labute approximate surface area is 115 Å². The molecule has 0 radical (unpaired) electrons. The third kappa shape index (κ3) is 2.14. The SMILES string of the molecule is O=C1c2ccc([N+](=O)[O-])cc2CN1Cc1ccccc1. The van der Waals surface area contributed by atoms with Crippen molar-refractivity contribution in [3.8, 4) is 0 Å². The second kappa shape index (κ2) is 4.77. The molecule has 1 heterocycles. The number of nitro benzene ring substituents is 1. The van der Waals surface area contributed by atoms with Gasteiger partial charge in [0, 0.05) is 30.8 Å². The van der Waals surface area contributed by atoms with Crippen molar-refractivity contribution in [2.24, 2.45) is 0 Å². The van der Waals surface area contributed by atoms with E-state index in [1.807, 2.05) is 30.3 Å². The van der Waals surface area contributed by atoms with Crippen LogP contribution in [0.15, 0.2) is 48.5 Å². The average molecular weight is 268 g/mol. The molecule has 1 aliphatic rings. The highest BCUT2D eigenvalue weighted by Gasteiger charge is 2.28. The van der Waals surface area contributed by atoms with Crippen LogP contribution in [0.4, 0.5) is 5.69 Å². The van der Waals surface area contributed by atoms with Crippen LogP contribution in [0, 0.1) is 10.1 Å². The number of carbonyl (C=O) groups excluding carboxylic acids is 1. The van der Waals surface area contributed by atoms with E-state index in [1.54, 1.807) is 11.0 Å². The molecule has 20 heavy (non-hydrogen) atoms. The highest BCUT2D eigenvalue weighted by molar-refractivity contribution is 5.98. The molecule has 5 heteroatoms. The van der Waals surface area contributed by atoms with Gasteiger partial charge >= 0.3 is 0 Å². The molecule has 0 saturated carbocycles. The van der Waals surface area contributed by atoms with Gasteiger partial charge in [0.1, 0.15) is 0 Å². The molecular weight excluding hydrogens is 256 g/mol. The normalized spacial score (nSPS) is 13.4. The summed E-state index contributed by atoms with van der Waals surface area (Å²) in [5.41, 5.74) is 2.35. The molecule has 3 rings (SSSR count). The van der Waals surface area contributed by atoms with E-state index in [0.29, 0.717) is 18.7 Å². The highest BCUT2D eigenvalue weighted by Crippen LogP contribution is 2.27. The van der Waals surface area contributed by atoms with Crippen molar-refractivity contribution in [1.29, 1.82) is 0 Å². The maximum absolute atomic E-state index is 12.2. The van der Waals surface area contributed by atoms with E-state index in [1.165, 1.54) is 12.1 Å². The summed E-state index contributed by atoms with van der Waals surface area (Å²) in [5.74, 6) is -0.0706. The standard InChI is InChI=1S/C15H12N2O3/c18-15-14-7-6-13(17(19)20)8-12(14)10-16(15)9-11-4-2-1-3-5-11/h1-8H,9-10H2. The van der Waals surface area contributed by atoms with E-state index in [2.05, 4.69) is 0 Å². The number of rotatable bonds is 3. The molecule has 0 fully saturated rings. The van der Waals surface area contributed by atoms with Gasteiger partial charge in [-0.15, -0.1) is 0 Å². The molecule has 0 saturated heterocycles. The molecule has 0 aromatic heterocycles. The number of amides is 1. The first kappa shape index (κ1) is 12.3. The first-order valence-electron chi connectivity index (χ1n) is 6.25. The summed E-state index contributed by atoms with van der Waals surface area (Å²) in [4.78, 5) is 24.3. The van der Waals surface area contributed by atoms with Gasteiger partial charge in [-0.05, 0) is 17.2 Å². The van der Waals surface area contributed by atoms with Crippen LogP contribution in [0.3, 0.4) is 0 Å². The van der Waals surface area contributed by atoms with Crippen LogP contribution in [0.25, 0.3) is 0 Å². The van der Waals surface area contributed by atoms with Gasteiger partial charge in [-0.3, -0.25) is 14.9 Å². The predicted molar refractivity (Wildman–Crippen MR) is 73.1 cm³/mol. The summed E-state index contributed by atoms with van der Waals surface area (Å²) in [6.07, 6.45) is 0. The van der Waals surface area contributed by atoms with E-state index >= 15 is 0 Å². The Kier molecular flexibility index (Phi) is 2.95. The predicted octanol–water partition coefficient (Wildman–Crippen LogP) is 2.75. The molecule has 0 N–H and O–H groups in total. The van der Waals surface area contributed by atoms with Gasteiger partial charge in [-0.25, -0.2) is 0 Å². The molecule has 0 aliphatic carbocycles. The quantitative estimate of drug-likeness (QED) is 0.635. The van der Waals surface area contributed by atoms with Crippen molar-refractivity contribution < 1.29 is 9.72 Å². The Morgan fingerprint density at radius 1 is 1.15 bits per heavy atom. The number of carbonyl (C=O) groups is 1. The number of non-ortho nitro benzene ring substituents is 1. The minimum absolute atomic E-state index is 0.0260. The van der Waals surface area contributed by atoms with Crippen molar-refractivity contribution in [1.82, 2.24) is 4.90 Å². The van der Waals surface area contributed by atoms with Crippen LogP contribution in [0.1, 0.15) is 21.5 Å². The van der Waals surface area contributed by atoms with E-state index in [0.717, 1.165) is 11.1 Å². The highest BCUT2D eigenvalue weighted by atomic mass is 16.6. The zero-order chi connectivity index (χ0) is 14.1.